The molecule has 0 amide bonds. The molecule has 0 aromatic carbocycles. The van der Waals surface area contributed by atoms with Crippen molar-refractivity contribution in [2.45, 2.75) is 16.9 Å². The Morgan fingerprint density at radius 1 is 1.38 bits per heavy atom. The van der Waals surface area contributed by atoms with E-state index in [-0.39, 0.29) is 12.3 Å². The summed E-state index contributed by atoms with van der Waals surface area (Å²) in [6.45, 7) is 1.05. The molecule has 6 heteroatoms. The summed E-state index contributed by atoms with van der Waals surface area (Å²) in [5.74, 6) is -1.19. The lowest BCUT2D eigenvalue weighted by atomic mass is 10.0. The van der Waals surface area contributed by atoms with Crippen LogP contribution in [0.2, 0.25) is 0 Å². The van der Waals surface area contributed by atoms with E-state index in [2.05, 4.69) is 5.32 Å². The molecule has 2 N–H and O–H groups in total. The molecule has 0 aromatic rings. The number of sulfone groups is 1. The molecule has 2 heterocycles. The van der Waals surface area contributed by atoms with Crippen LogP contribution in [0.1, 0.15) is 6.42 Å². The Morgan fingerprint density at radius 3 is 2.62 bits per heavy atom. The number of fused-ring (bicyclic) bond motifs is 1. The Hall–Kier alpha value is -0.620. The number of carbonyl (C=O) groups is 1. The van der Waals surface area contributed by atoms with Crippen LogP contribution in [0, 0.1) is 5.92 Å². The Kier molecular flexibility index (Phi) is 1.85. The van der Waals surface area contributed by atoms with Gasteiger partial charge in [0, 0.05) is 6.54 Å². The average Bonchev–Trinajstić information content (AvgIpc) is 2.52. The fraction of sp³-hybridized carbons (Fsp3) is 0.857. The van der Waals surface area contributed by atoms with E-state index in [1.54, 1.807) is 0 Å². The fourth-order valence-electron chi connectivity index (χ4n) is 2.19. The van der Waals surface area contributed by atoms with Gasteiger partial charge in [-0.25, -0.2) is 8.42 Å². The molecule has 0 aliphatic carbocycles. The third-order valence-electron chi connectivity index (χ3n) is 2.89. The second kappa shape index (κ2) is 2.68. The first-order valence-corrected chi connectivity index (χ1v) is 5.80. The molecular weight excluding hydrogens is 194 g/mol. The molecule has 74 valence electrons. The van der Waals surface area contributed by atoms with Crippen LogP contribution in [-0.4, -0.2) is 43.1 Å². The lowest BCUT2D eigenvalue weighted by molar-refractivity contribution is -0.136. The number of hydrogen-bond acceptors (Lipinski definition) is 4. The Bertz CT molecular complexity index is 336. The van der Waals surface area contributed by atoms with Gasteiger partial charge in [0.2, 0.25) is 0 Å². The smallest absolute Gasteiger partial charge is 0.321 e. The average molecular weight is 205 g/mol. The van der Waals surface area contributed by atoms with Gasteiger partial charge in [-0.3, -0.25) is 4.79 Å². The highest BCUT2D eigenvalue weighted by atomic mass is 32.2. The number of hydrogen-bond donors (Lipinski definition) is 2. The van der Waals surface area contributed by atoms with Crippen LogP contribution in [0.25, 0.3) is 0 Å². The second-order valence-electron chi connectivity index (χ2n) is 3.61. The van der Waals surface area contributed by atoms with E-state index < -0.39 is 26.3 Å². The van der Waals surface area contributed by atoms with Crippen molar-refractivity contribution >= 4 is 15.8 Å². The number of aliphatic carboxylic acids is 1. The van der Waals surface area contributed by atoms with Crippen molar-refractivity contribution in [3.8, 4) is 0 Å². The lowest BCUT2D eigenvalue weighted by Gasteiger charge is -2.06. The third-order valence-corrected chi connectivity index (χ3v) is 5.47. The molecule has 2 aliphatic heterocycles. The molecule has 0 bridgehead atoms. The second-order valence-corrected chi connectivity index (χ2v) is 5.96. The zero-order valence-corrected chi connectivity index (χ0v) is 7.75. The van der Waals surface area contributed by atoms with Crippen molar-refractivity contribution in [1.82, 2.24) is 5.32 Å². The van der Waals surface area contributed by atoms with Crippen molar-refractivity contribution in [3.05, 3.63) is 0 Å². The minimum atomic E-state index is -3.43. The summed E-state index contributed by atoms with van der Waals surface area (Å²) < 4.78 is 23.2. The normalized spacial score (nSPS) is 41.7. The zero-order valence-electron chi connectivity index (χ0n) is 6.93. The molecule has 0 radical (unpaired) electrons. The number of carboxylic acid groups (broad SMARTS) is 1. The van der Waals surface area contributed by atoms with E-state index in [0.29, 0.717) is 13.1 Å². The van der Waals surface area contributed by atoms with Gasteiger partial charge in [-0.1, -0.05) is 0 Å². The van der Waals surface area contributed by atoms with E-state index in [0.717, 1.165) is 0 Å². The Labute approximate surface area is 76.0 Å². The SMILES string of the molecule is O=C(O)C1C[C@@H]2CNC[C@@H]2S1(=O)=O. The van der Waals surface area contributed by atoms with E-state index in [1.165, 1.54) is 0 Å². The van der Waals surface area contributed by atoms with Crippen LogP contribution in [0.15, 0.2) is 0 Å². The van der Waals surface area contributed by atoms with Crippen LogP contribution in [-0.2, 0) is 14.6 Å². The monoisotopic (exact) mass is 205 g/mol. The summed E-state index contributed by atoms with van der Waals surface area (Å²) in [5.41, 5.74) is 0. The van der Waals surface area contributed by atoms with Crippen LogP contribution in [0.5, 0.6) is 0 Å². The molecule has 2 saturated heterocycles. The van der Waals surface area contributed by atoms with Crippen molar-refractivity contribution in [2.75, 3.05) is 13.1 Å². The molecule has 0 spiro atoms. The first-order valence-electron chi connectivity index (χ1n) is 4.19. The highest BCUT2D eigenvalue weighted by molar-refractivity contribution is 7.93. The van der Waals surface area contributed by atoms with Gasteiger partial charge >= 0.3 is 5.97 Å². The molecule has 2 rings (SSSR count). The van der Waals surface area contributed by atoms with Gasteiger partial charge < -0.3 is 10.4 Å². The number of carboxylic acids is 1. The van der Waals surface area contributed by atoms with Gasteiger partial charge in [0.25, 0.3) is 0 Å². The van der Waals surface area contributed by atoms with Gasteiger partial charge in [0.05, 0.1) is 5.25 Å². The Balaban J connectivity index is 2.34. The van der Waals surface area contributed by atoms with Gasteiger partial charge in [-0.2, -0.15) is 0 Å². The summed E-state index contributed by atoms with van der Waals surface area (Å²) in [5, 5.41) is 10.0. The number of rotatable bonds is 1. The predicted octanol–water partition coefficient (Wildman–Crippen LogP) is -1.15. The van der Waals surface area contributed by atoms with Crippen molar-refractivity contribution in [2.24, 2.45) is 5.92 Å². The quantitative estimate of drug-likeness (QED) is 0.564. The maximum absolute atomic E-state index is 11.6. The van der Waals surface area contributed by atoms with Crippen molar-refractivity contribution in [1.29, 1.82) is 0 Å². The topological polar surface area (TPSA) is 83.5 Å². The van der Waals surface area contributed by atoms with Crippen molar-refractivity contribution < 1.29 is 18.3 Å². The fourth-order valence-corrected chi connectivity index (χ4v) is 4.50. The minimum Gasteiger partial charge on any atom is -0.480 e. The summed E-state index contributed by atoms with van der Waals surface area (Å²) in [7, 11) is -3.43. The van der Waals surface area contributed by atoms with Crippen LogP contribution < -0.4 is 5.32 Å². The first kappa shape index (κ1) is 8.96. The van der Waals surface area contributed by atoms with E-state index in [4.69, 9.17) is 5.11 Å². The molecule has 0 aromatic heterocycles. The molecule has 13 heavy (non-hydrogen) atoms. The largest absolute Gasteiger partial charge is 0.480 e. The van der Waals surface area contributed by atoms with Crippen LogP contribution >= 0.6 is 0 Å². The predicted molar refractivity (Wildman–Crippen MR) is 45.1 cm³/mol. The highest BCUT2D eigenvalue weighted by Gasteiger charge is 2.52. The summed E-state index contributed by atoms with van der Waals surface area (Å²) in [6, 6.07) is 0. The first-order chi connectivity index (χ1) is 6.03. The maximum Gasteiger partial charge on any atom is 0.321 e. The standard InChI is InChI=1S/C7H11NO4S/c9-7(10)5-1-4-2-8-3-6(4)13(5,11)12/h4-6,8H,1-3H2,(H,9,10)/t4-,5?,6+/m1/s1. The molecule has 2 aliphatic rings. The highest BCUT2D eigenvalue weighted by Crippen LogP contribution is 2.34. The molecule has 3 atom stereocenters. The van der Waals surface area contributed by atoms with E-state index >= 15 is 0 Å². The van der Waals surface area contributed by atoms with Gasteiger partial charge in [-0.15, -0.1) is 0 Å². The molecule has 0 saturated carbocycles. The van der Waals surface area contributed by atoms with Gasteiger partial charge in [-0.05, 0) is 18.9 Å². The summed E-state index contributed by atoms with van der Waals surface area (Å²) >= 11 is 0. The molecular formula is C7H11NO4S. The maximum atomic E-state index is 11.6. The Morgan fingerprint density at radius 2 is 2.08 bits per heavy atom. The lowest BCUT2D eigenvalue weighted by Crippen LogP contribution is -2.32. The van der Waals surface area contributed by atoms with Crippen LogP contribution in [0.3, 0.4) is 0 Å². The summed E-state index contributed by atoms with van der Waals surface area (Å²) in [6.07, 6.45) is 0.273. The molecule has 1 unspecified atom stereocenters. The number of nitrogens with one attached hydrogen (secondary N) is 1. The minimum absolute atomic E-state index is 0.00565. The van der Waals surface area contributed by atoms with E-state index in [1.807, 2.05) is 0 Å². The van der Waals surface area contributed by atoms with Gasteiger partial charge in [0.15, 0.2) is 15.1 Å². The molecule has 2 fully saturated rings. The molecule has 5 nitrogen and oxygen atoms in total. The van der Waals surface area contributed by atoms with Crippen LogP contribution in [0.4, 0.5) is 0 Å². The van der Waals surface area contributed by atoms with Gasteiger partial charge in [0.1, 0.15) is 0 Å². The van der Waals surface area contributed by atoms with E-state index in [9.17, 15) is 13.2 Å². The summed E-state index contributed by atoms with van der Waals surface area (Å²) in [4.78, 5) is 10.6. The zero-order chi connectivity index (χ0) is 9.64. The third kappa shape index (κ3) is 1.16. The van der Waals surface area contributed by atoms with Crippen molar-refractivity contribution in [3.63, 3.8) is 0 Å².